The lowest BCUT2D eigenvalue weighted by Crippen LogP contribution is -2.34. The molecule has 1 amide bonds. The van der Waals surface area contributed by atoms with Crippen LogP contribution < -0.4 is 10.7 Å². The van der Waals surface area contributed by atoms with Gasteiger partial charge in [0.25, 0.3) is 0 Å². The van der Waals surface area contributed by atoms with E-state index in [0.29, 0.717) is 13.0 Å². The summed E-state index contributed by atoms with van der Waals surface area (Å²) in [6.07, 6.45) is 2.18. The van der Waals surface area contributed by atoms with Crippen LogP contribution in [0.4, 0.5) is 0 Å². The molecule has 0 aliphatic carbocycles. The number of aryl methyl sites for hydroxylation is 1. The van der Waals surface area contributed by atoms with Gasteiger partial charge in [0, 0.05) is 49.1 Å². The molecule has 1 rings (SSSR count). The molecule has 1 atom stereocenters. The summed E-state index contributed by atoms with van der Waals surface area (Å²) in [5, 5.41) is 2.62. The Morgan fingerprint density at radius 2 is 2.11 bits per heavy atom. The van der Waals surface area contributed by atoms with Gasteiger partial charge in [-0.25, -0.2) is 0 Å². The molecule has 0 spiro atoms. The zero-order valence-electron chi connectivity index (χ0n) is 12.3. The molecule has 1 aromatic heterocycles. The van der Waals surface area contributed by atoms with Crippen molar-refractivity contribution in [1.82, 2.24) is 15.2 Å². The van der Waals surface area contributed by atoms with Crippen LogP contribution in [-0.4, -0.2) is 35.9 Å². The molecular weight excluding hydrogens is 242 g/mol. The second-order valence-electron chi connectivity index (χ2n) is 5.05. The van der Waals surface area contributed by atoms with Crippen molar-refractivity contribution in [2.75, 3.05) is 14.1 Å². The Bertz CT molecular complexity index is 508. The summed E-state index contributed by atoms with van der Waals surface area (Å²) in [4.78, 5) is 28.4. The second-order valence-corrected chi connectivity index (χ2v) is 5.05. The Balaban J connectivity index is 2.77. The first-order chi connectivity index (χ1) is 8.86. The van der Waals surface area contributed by atoms with Crippen LogP contribution in [0.15, 0.2) is 11.0 Å². The van der Waals surface area contributed by atoms with Crippen LogP contribution in [0.25, 0.3) is 0 Å². The number of hydrogen-bond donors (Lipinski definition) is 2. The maximum absolute atomic E-state index is 11.9. The maximum atomic E-state index is 11.9. The molecule has 0 saturated carbocycles. The third-order valence-electron chi connectivity index (χ3n) is 3.53. The second kappa shape index (κ2) is 6.52. The lowest BCUT2D eigenvalue weighted by molar-refractivity contribution is -0.121. The van der Waals surface area contributed by atoms with Gasteiger partial charge in [-0.15, -0.1) is 0 Å². The SMILES string of the molecule is CNC(=O)CC(C)N(C)Cc1[nH]cc(C)c(=O)c1C. The number of aromatic nitrogens is 1. The van der Waals surface area contributed by atoms with E-state index in [1.165, 1.54) is 0 Å². The van der Waals surface area contributed by atoms with Crippen molar-refractivity contribution >= 4 is 5.91 Å². The van der Waals surface area contributed by atoms with E-state index < -0.39 is 0 Å². The van der Waals surface area contributed by atoms with Crippen LogP contribution in [0.1, 0.15) is 30.2 Å². The molecule has 0 radical (unpaired) electrons. The molecule has 5 heteroatoms. The van der Waals surface area contributed by atoms with Crippen LogP contribution >= 0.6 is 0 Å². The van der Waals surface area contributed by atoms with Crippen molar-refractivity contribution in [2.24, 2.45) is 0 Å². The number of nitrogens with one attached hydrogen (secondary N) is 2. The highest BCUT2D eigenvalue weighted by atomic mass is 16.1. The fraction of sp³-hybridized carbons (Fsp3) is 0.571. The van der Waals surface area contributed by atoms with Crippen LogP contribution in [0, 0.1) is 13.8 Å². The first-order valence-corrected chi connectivity index (χ1v) is 6.45. The van der Waals surface area contributed by atoms with E-state index in [9.17, 15) is 9.59 Å². The quantitative estimate of drug-likeness (QED) is 0.833. The maximum Gasteiger partial charge on any atom is 0.221 e. The lowest BCUT2D eigenvalue weighted by Gasteiger charge is -2.24. The molecule has 0 aromatic carbocycles. The number of amides is 1. The molecule has 0 bridgehead atoms. The molecule has 0 aliphatic rings. The van der Waals surface area contributed by atoms with Crippen LogP contribution in [0.2, 0.25) is 0 Å². The molecule has 0 saturated heterocycles. The van der Waals surface area contributed by atoms with Crippen LogP contribution in [0.5, 0.6) is 0 Å². The van der Waals surface area contributed by atoms with Gasteiger partial charge in [-0.05, 0) is 27.8 Å². The zero-order valence-corrected chi connectivity index (χ0v) is 12.3. The fourth-order valence-electron chi connectivity index (χ4n) is 1.90. The van der Waals surface area contributed by atoms with Crippen LogP contribution in [-0.2, 0) is 11.3 Å². The van der Waals surface area contributed by atoms with Crippen molar-refractivity contribution in [3.05, 3.63) is 33.2 Å². The minimum absolute atomic E-state index is 0.0217. The highest BCUT2D eigenvalue weighted by Crippen LogP contribution is 2.09. The fourth-order valence-corrected chi connectivity index (χ4v) is 1.90. The highest BCUT2D eigenvalue weighted by Gasteiger charge is 2.15. The van der Waals surface area contributed by atoms with Gasteiger partial charge < -0.3 is 10.3 Å². The molecule has 1 heterocycles. The average molecular weight is 265 g/mol. The average Bonchev–Trinajstić information content (AvgIpc) is 2.39. The summed E-state index contributed by atoms with van der Waals surface area (Å²) < 4.78 is 0. The largest absolute Gasteiger partial charge is 0.363 e. The van der Waals surface area contributed by atoms with Gasteiger partial charge in [0.15, 0.2) is 5.43 Å². The van der Waals surface area contributed by atoms with Crippen molar-refractivity contribution in [2.45, 2.75) is 39.8 Å². The Morgan fingerprint density at radius 1 is 1.47 bits per heavy atom. The number of nitrogens with zero attached hydrogens (tertiary/aromatic N) is 1. The first-order valence-electron chi connectivity index (χ1n) is 6.45. The number of H-pyrrole nitrogens is 1. The summed E-state index contributed by atoms with van der Waals surface area (Å²) in [6, 6.07) is 0.115. The summed E-state index contributed by atoms with van der Waals surface area (Å²) in [5.74, 6) is 0.0217. The smallest absolute Gasteiger partial charge is 0.221 e. The van der Waals surface area contributed by atoms with Gasteiger partial charge in [0.1, 0.15) is 0 Å². The summed E-state index contributed by atoms with van der Waals surface area (Å²) in [5.41, 5.74) is 2.46. The third-order valence-corrected chi connectivity index (χ3v) is 3.53. The molecule has 106 valence electrons. The van der Waals surface area contributed by atoms with Gasteiger partial charge in [-0.3, -0.25) is 14.5 Å². The minimum Gasteiger partial charge on any atom is -0.363 e. The first kappa shape index (κ1) is 15.4. The van der Waals surface area contributed by atoms with E-state index in [2.05, 4.69) is 15.2 Å². The Hall–Kier alpha value is -1.62. The van der Waals surface area contributed by atoms with E-state index in [1.54, 1.807) is 20.2 Å². The summed E-state index contributed by atoms with van der Waals surface area (Å²) in [7, 11) is 3.59. The van der Waals surface area contributed by atoms with Gasteiger partial charge in [-0.2, -0.15) is 0 Å². The molecule has 2 N–H and O–H groups in total. The van der Waals surface area contributed by atoms with Crippen molar-refractivity contribution in [1.29, 1.82) is 0 Å². The normalized spacial score (nSPS) is 12.5. The van der Waals surface area contributed by atoms with Crippen LogP contribution in [0.3, 0.4) is 0 Å². The van der Waals surface area contributed by atoms with Gasteiger partial charge in [0.05, 0.1) is 0 Å². The van der Waals surface area contributed by atoms with Gasteiger partial charge in [0.2, 0.25) is 5.91 Å². The van der Waals surface area contributed by atoms with E-state index in [1.807, 2.05) is 20.9 Å². The van der Waals surface area contributed by atoms with Gasteiger partial charge >= 0.3 is 0 Å². The summed E-state index contributed by atoms with van der Waals surface area (Å²) in [6.45, 7) is 6.25. The monoisotopic (exact) mass is 265 g/mol. The number of rotatable bonds is 5. The van der Waals surface area contributed by atoms with E-state index in [4.69, 9.17) is 0 Å². The standard InChI is InChI=1S/C14H23N3O2/c1-9-7-16-12(11(3)14(9)19)8-17(5)10(2)6-13(18)15-4/h7,10H,6,8H2,1-5H3,(H,15,18)(H,16,19). The number of aromatic amines is 1. The number of hydrogen-bond acceptors (Lipinski definition) is 3. The predicted octanol–water partition coefficient (Wildman–Crippen LogP) is 0.948. The molecule has 1 unspecified atom stereocenters. The topological polar surface area (TPSA) is 65.2 Å². The van der Waals surface area contributed by atoms with E-state index in [-0.39, 0.29) is 17.4 Å². The molecule has 1 aromatic rings. The van der Waals surface area contributed by atoms with Gasteiger partial charge in [-0.1, -0.05) is 0 Å². The van der Waals surface area contributed by atoms with Crippen molar-refractivity contribution in [3.63, 3.8) is 0 Å². The van der Waals surface area contributed by atoms with Crippen molar-refractivity contribution < 1.29 is 4.79 Å². The number of carbonyl (C=O) groups excluding carboxylic acids is 1. The Morgan fingerprint density at radius 3 is 2.68 bits per heavy atom. The molecular formula is C14H23N3O2. The summed E-state index contributed by atoms with van der Waals surface area (Å²) >= 11 is 0. The Kier molecular flexibility index (Phi) is 5.30. The predicted molar refractivity (Wildman–Crippen MR) is 76.1 cm³/mol. The molecule has 0 aliphatic heterocycles. The lowest BCUT2D eigenvalue weighted by atomic mass is 10.1. The highest BCUT2D eigenvalue weighted by molar-refractivity contribution is 5.76. The minimum atomic E-state index is 0.0217. The van der Waals surface area contributed by atoms with E-state index in [0.717, 1.165) is 16.8 Å². The Labute approximate surface area is 114 Å². The molecule has 19 heavy (non-hydrogen) atoms. The molecule has 0 fully saturated rings. The van der Waals surface area contributed by atoms with Crippen molar-refractivity contribution in [3.8, 4) is 0 Å². The number of pyridine rings is 1. The van der Waals surface area contributed by atoms with E-state index >= 15 is 0 Å². The molecule has 5 nitrogen and oxygen atoms in total. The number of carbonyl (C=O) groups is 1. The third kappa shape index (κ3) is 3.92. The zero-order chi connectivity index (χ0) is 14.6.